The number of aromatic nitrogens is 4. The molecule has 1 unspecified atom stereocenters. The van der Waals surface area contributed by atoms with Crippen molar-refractivity contribution in [1.82, 2.24) is 19.5 Å². The minimum atomic E-state index is -0.686. The van der Waals surface area contributed by atoms with Crippen LogP contribution < -0.4 is 11.5 Å². The molecule has 2 atom stereocenters. The summed E-state index contributed by atoms with van der Waals surface area (Å²) in [5.41, 5.74) is 13.0. The van der Waals surface area contributed by atoms with Crippen molar-refractivity contribution in [3.8, 4) is 0 Å². The van der Waals surface area contributed by atoms with E-state index in [1.165, 1.54) is 96.3 Å². The fourth-order valence-corrected chi connectivity index (χ4v) is 5.48. The van der Waals surface area contributed by atoms with Gasteiger partial charge in [-0.25, -0.2) is 9.97 Å². The molecule has 0 spiro atoms. The van der Waals surface area contributed by atoms with Crippen LogP contribution in [0.15, 0.2) is 12.5 Å². The molecular weight excluding hydrogens is 568 g/mol. The van der Waals surface area contributed by atoms with Gasteiger partial charge in [-0.2, -0.15) is 4.98 Å². The van der Waals surface area contributed by atoms with E-state index in [0.717, 1.165) is 12.8 Å². The highest BCUT2D eigenvalue weighted by atomic mass is 16.5. The predicted molar refractivity (Wildman–Crippen MR) is 181 cm³/mol. The number of nitrogen functional groups attached to an aromatic ring is 1. The lowest BCUT2D eigenvalue weighted by Crippen LogP contribution is -2.38. The number of nitrogens with two attached hydrogens (primary N) is 2. The smallest absolute Gasteiger partial charge is 0.323 e. The summed E-state index contributed by atoms with van der Waals surface area (Å²) in [5.74, 6) is -0.609. The van der Waals surface area contributed by atoms with Crippen LogP contribution in [0.2, 0.25) is 0 Å². The molecule has 2 aromatic rings. The van der Waals surface area contributed by atoms with Crippen molar-refractivity contribution in [2.75, 3.05) is 18.9 Å². The van der Waals surface area contributed by atoms with E-state index >= 15 is 0 Å². The first-order chi connectivity index (χ1) is 21.8. The summed E-state index contributed by atoms with van der Waals surface area (Å²) in [5, 5.41) is 0. The van der Waals surface area contributed by atoms with Crippen LogP contribution >= 0.6 is 0 Å². The SMILES string of the molecule is CCCCCCCCCCCCCCCCCCCC(=O)OCCC(COC(=O)[C@@H](N)C(C)C)Cn1cnc2cnc(N)nc21. The van der Waals surface area contributed by atoms with E-state index in [1.54, 1.807) is 12.5 Å². The van der Waals surface area contributed by atoms with E-state index in [1.807, 2.05) is 18.4 Å². The number of hydrogen-bond acceptors (Lipinski definition) is 9. The van der Waals surface area contributed by atoms with Crippen molar-refractivity contribution >= 4 is 29.1 Å². The number of fused-ring (bicyclic) bond motifs is 1. The molecule has 256 valence electrons. The number of imidazole rings is 1. The Balaban J connectivity index is 1.57. The van der Waals surface area contributed by atoms with Crippen molar-refractivity contribution < 1.29 is 19.1 Å². The highest BCUT2D eigenvalue weighted by Crippen LogP contribution is 2.17. The summed E-state index contributed by atoms with van der Waals surface area (Å²) >= 11 is 0. The van der Waals surface area contributed by atoms with E-state index < -0.39 is 12.0 Å². The van der Waals surface area contributed by atoms with Crippen LogP contribution in [-0.2, 0) is 25.6 Å². The Kier molecular flexibility index (Phi) is 20.1. The zero-order chi connectivity index (χ0) is 32.7. The van der Waals surface area contributed by atoms with Crippen molar-refractivity contribution in [2.45, 2.75) is 155 Å². The molecule has 0 fully saturated rings. The van der Waals surface area contributed by atoms with Gasteiger partial charge in [-0.15, -0.1) is 0 Å². The number of ether oxygens (including phenoxy) is 2. The molecule has 0 aliphatic carbocycles. The molecule has 0 aromatic carbocycles. The zero-order valence-corrected chi connectivity index (χ0v) is 28.5. The van der Waals surface area contributed by atoms with E-state index in [2.05, 4.69) is 21.9 Å². The average molecular weight is 631 g/mol. The first-order valence-corrected chi connectivity index (χ1v) is 17.8. The summed E-state index contributed by atoms with van der Waals surface area (Å²) < 4.78 is 12.9. The van der Waals surface area contributed by atoms with Gasteiger partial charge in [-0.1, -0.05) is 124 Å². The first kappa shape index (κ1) is 38.4. The number of carbonyl (C=O) groups is 2. The molecule has 0 saturated heterocycles. The minimum absolute atomic E-state index is 0.0245. The maximum Gasteiger partial charge on any atom is 0.323 e. The van der Waals surface area contributed by atoms with Gasteiger partial charge in [0.05, 0.1) is 25.7 Å². The summed E-state index contributed by atoms with van der Waals surface area (Å²) in [7, 11) is 0. The van der Waals surface area contributed by atoms with Gasteiger partial charge < -0.3 is 25.5 Å². The second-order valence-electron chi connectivity index (χ2n) is 13.0. The van der Waals surface area contributed by atoms with Crippen LogP contribution in [0.25, 0.3) is 11.2 Å². The number of carbonyl (C=O) groups excluding carboxylic acids is 2. The van der Waals surface area contributed by atoms with E-state index in [9.17, 15) is 9.59 Å². The van der Waals surface area contributed by atoms with Gasteiger partial charge in [0.25, 0.3) is 0 Å². The van der Waals surface area contributed by atoms with Gasteiger partial charge >= 0.3 is 11.9 Å². The average Bonchev–Trinajstić information content (AvgIpc) is 3.41. The summed E-state index contributed by atoms with van der Waals surface area (Å²) in [6, 6.07) is -0.686. The molecule has 0 bridgehead atoms. The zero-order valence-electron chi connectivity index (χ0n) is 28.5. The standard InChI is InChI=1S/C35H62N6O4/c1-4-5-6-7-8-9-10-11-12-13-14-15-16-17-18-19-20-21-31(42)44-23-22-29(26-45-34(43)32(36)28(2)3)25-41-27-39-30-24-38-35(37)40-33(30)41/h24,27-29,32H,4-23,25-26,36H2,1-3H3,(H2,37,38,40)/t29?,32-/m0/s1. The lowest BCUT2D eigenvalue weighted by molar-refractivity contribution is -0.149. The Bertz CT molecular complexity index is 1080. The maximum absolute atomic E-state index is 12.4. The Hall–Kier alpha value is -2.75. The lowest BCUT2D eigenvalue weighted by atomic mass is 10.0. The molecular formula is C35H62N6O4. The molecule has 4 N–H and O–H groups in total. The van der Waals surface area contributed by atoms with Gasteiger partial charge in [-0.05, 0) is 18.8 Å². The third-order valence-corrected chi connectivity index (χ3v) is 8.56. The third kappa shape index (κ3) is 16.9. The molecule has 2 rings (SSSR count). The fourth-order valence-electron chi connectivity index (χ4n) is 5.48. The Morgan fingerprint density at radius 2 is 1.38 bits per heavy atom. The fraction of sp³-hybridized carbons (Fsp3) is 0.800. The van der Waals surface area contributed by atoms with Crippen LogP contribution in [0.3, 0.4) is 0 Å². The van der Waals surface area contributed by atoms with Crippen LogP contribution in [0.1, 0.15) is 143 Å². The number of nitrogens with zero attached hydrogens (tertiary/aromatic N) is 4. The molecule has 10 nitrogen and oxygen atoms in total. The minimum Gasteiger partial charge on any atom is -0.466 e. The van der Waals surface area contributed by atoms with Crippen molar-refractivity contribution in [1.29, 1.82) is 0 Å². The van der Waals surface area contributed by atoms with Crippen LogP contribution in [0.5, 0.6) is 0 Å². The lowest BCUT2D eigenvalue weighted by Gasteiger charge is -2.20. The van der Waals surface area contributed by atoms with Gasteiger partial charge in [-0.3, -0.25) is 9.59 Å². The van der Waals surface area contributed by atoms with Gasteiger partial charge in [0.15, 0.2) is 5.65 Å². The summed E-state index contributed by atoms with van der Waals surface area (Å²) in [6.07, 6.45) is 26.5. The van der Waals surface area contributed by atoms with Crippen LogP contribution in [-0.4, -0.2) is 50.7 Å². The van der Waals surface area contributed by atoms with Crippen molar-refractivity contribution in [3.63, 3.8) is 0 Å². The van der Waals surface area contributed by atoms with Gasteiger partial charge in [0, 0.05) is 18.9 Å². The van der Waals surface area contributed by atoms with Gasteiger partial charge in [0.2, 0.25) is 5.95 Å². The monoisotopic (exact) mass is 630 g/mol. The number of rotatable bonds is 27. The normalized spacial score (nSPS) is 12.9. The second kappa shape index (κ2) is 23.6. The number of anilines is 1. The van der Waals surface area contributed by atoms with Crippen LogP contribution in [0.4, 0.5) is 5.95 Å². The van der Waals surface area contributed by atoms with E-state index in [-0.39, 0.29) is 37.0 Å². The van der Waals surface area contributed by atoms with E-state index in [4.69, 9.17) is 20.9 Å². The number of hydrogen-bond donors (Lipinski definition) is 2. The van der Waals surface area contributed by atoms with E-state index in [0.29, 0.717) is 30.6 Å². The highest BCUT2D eigenvalue weighted by Gasteiger charge is 2.22. The quantitative estimate of drug-likeness (QED) is 0.0754. The largest absolute Gasteiger partial charge is 0.466 e. The molecule has 10 heteroatoms. The predicted octanol–water partition coefficient (Wildman–Crippen LogP) is 7.53. The maximum atomic E-state index is 12.4. The molecule has 0 aliphatic rings. The van der Waals surface area contributed by atoms with Crippen LogP contribution in [0, 0.1) is 11.8 Å². The molecule has 0 saturated carbocycles. The summed E-state index contributed by atoms with van der Waals surface area (Å²) in [6.45, 7) is 6.90. The van der Waals surface area contributed by atoms with Crippen molar-refractivity contribution in [3.05, 3.63) is 12.5 Å². The highest BCUT2D eigenvalue weighted by molar-refractivity contribution is 5.75. The molecule has 45 heavy (non-hydrogen) atoms. The number of esters is 2. The number of unbranched alkanes of at least 4 members (excludes halogenated alkanes) is 16. The Morgan fingerprint density at radius 3 is 1.93 bits per heavy atom. The molecule has 2 heterocycles. The summed E-state index contributed by atoms with van der Waals surface area (Å²) in [4.78, 5) is 37.4. The van der Waals surface area contributed by atoms with Crippen molar-refractivity contribution in [2.24, 2.45) is 17.6 Å². The van der Waals surface area contributed by atoms with Gasteiger partial charge in [0.1, 0.15) is 11.6 Å². The third-order valence-electron chi connectivity index (χ3n) is 8.56. The Morgan fingerprint density at radius 1 is 0.822 bits per heavy atom. The second-order valence-corrected chi connectivity index (χ2v) is 13.0. The topological polar surface area (TPSA) is 148 Å². The Labute approximate surface area is 271 Å². The molecule has 0 aliphatic heterocycles. The first-order valence-electron chi connectivity index (χ1n) is 17.8. The molecule has 0 amide bonds. The molecule has 2 aromatic heterocycles. The molecule has 0 radical (unpaired) electrons.